The molecule has 180 valence electrons. The minimum Gasteiger partial charge on any atom is -0.495 e. The molecule has 0 saturated heterocycles. The number of nitrogens with zero attached hydrogens (tertiary/aromatic N) is 1. The third-order valence-electron chi connectivity index (χ3n) is 7.82. The van der Waals surface area contributed by atoms with E-state index in [-0.39, 0.29) is 11.6 Å². The van der Waals surface area contributed by atoms with Gasteiger partial charge < -0.3 is 19.0 Å². The molecule has 0 aliphatic carbocycles. The van der Waals surface area contributed by atoms with Crippen LogP contribution in [0.4, 0.5) is 0 Å². The Bertz CT molecular complexity index is 1840. The number of nitrogens with one attached hydrogen (secondary N) is 1. The maximum absolute atomic E-state index is 6.72. The van der Waals surface area contributed by atoms with Gasteiger partial charge in [0.15, 0.2) is 0 Å². The lowest BCUT2D eigenvalue weighted by Gasteiger charge is -2.40. The Labute approximate surface area is 210 Å². The molecule has 4 nitrogen and oxygen atoms in total. The Morgan fingerprint density at radius 1 is 0.917 bits per heavy atom. The molecule has 4 aromatic carbocycles. The van der Waals surface area contributed by atoms with E-state index in [0.717, 1.165) is 34.5 Å². The zero-order valence-corrected chi connectivity index (χ0v) is 21.4. The van der Waals surface area contributed by atoms with Crippen molar-refractivity contribution < 1.29 is 9.47 Å². The largest absolute Gasteiger partial charge is 0.495 e. The van der Waals surface area contributed by atoms with Crippen LogP contribution < -0.4 is 9.47 Å². The summed E-state index contributed by atoms with van der Waals surface area (Å²) in [5, 5.41) is 4.98. The number of para-hydroxylation sites is 2. The highest BCUT2D eigenvalue weighted by Gasteiger charge is 2.39. The van der Waals surface area contributed by atoms with Crippen molar-refractivity contribution >= 4 is 43.6 Å². The standard InChI is InChI=1S/C32H30N2O2/c1-18-14-23-21-11-7-9-13-25(21)34(30(23)27(15-18)35-5)26-17-32(3,4)36-31-19(2)16-22-20-10-6-8-12-24(20)33-29(22)28(26)31/h6-16,26,33H,17H2,1-5H3. The normalized spacial score (nSPS) is 17.1. The molecular weight excluding hydrogens is 444 g/mol. The monoisotopic (exact) mass is 474 g/mol. The van der Waals surface area contributed by atoms with Crippen LogP contribution in [0.5, 0.6) is 11.5 Å². The number of fused-ring (bicyclic) bond motifs is 8. The predicted octanol–water partition coefficient (Wildman–Crippen LogP) is 8.20. The Kier molecular flexibility index (Phi) is 4.33. The lowest BCUT2D eigenvalue weighted by Crippen LogP contribution is -2.37. The van der Waals surface area contributed by atoms with Crippen molar-refractivity contribution in [3.63, 3.8) is 0 Å². The van der Waals surface area contributed by atoms with Gasteiger partial charge in [0, 0.05) is 44.6 Å². The van der Waals surface area contributed by atoms with Gasteiger partial charge in [0.2, 0.25) is 0 Å². The van der Waals surface area contributed by atoms with Crippen molar-refractivity contribution in [2.75, 3.05) is 7.11 Å². The second kappa shape index (κ2) is 7.30. The van der Waals surface area contributed by atoms with Gasteiger partial charge in [0.25, 0.3) is 0 Å². The van der Waals surface area contributed by atoms with Crippen LogP contribution >= 0.6 is 0 Å². The molecule has 2 aromatic heterocycles. The minimum absolute atomic E-state index is 0.0678. The number of benzene rings is 4. The summed E-state index contributed by atoms with van der Waals surface area (Å²) in [5.41, 5.74) is 7.95. The highest BCUT2D eigenvalue weighted by molar-refractivity contribution is 6.12. The Balaban J connectivity index is 1.66. The Hall–Kier alpha value is -3.92. The Morgan fingerprint density at radius 2 is 1.67 bits per heavy atom. The van der Waals surface area contributed by atoms with Gasteiger partial charge in [-0.2, -0.15) is 0 Å². The molecule has 36 heavy (non-hydrogen) atoms. The molecule has 0 fully saturated rings. The van der Waals surface area contributed by atoms with E-state index in [9.17, 15) is 0 Å². The summed E-state index contributed by atoms with van der Waals surface area (Å²) >= 11 is 0. The molecule has 4 heteroatoms. The number of H-pyrrole nitrogens is 1. The van der Waals surface area contributed by atoms with Crippen LogP contribution in [0.1, 0.15) is 43.0 Å². The van der Waals surface area contributed by atoms with E-state index in [2.05, 4.69) is 104 Å². The fourth-order valence-electron chi connectivity index (χ4n) is 6.40. The fourth-order valence-corrected chi connectivity index (χ4v) is 6.40. The van der Waals surface area contributed by atoms with Gasteiger partial charge in [-0.15, -0.1) is 0 Å². The van der Waals surface area contributed by atoms with E-state index in [4.69, 9.17) is 9.47 Å². The molecule has 1 aliphatic rings. The number of methoxy groups -OCH3 is 1. The summed E-state index contributed by atoms with van der Waals surface area (Å²) in [6.45, 7) is 8.72. The zero-order valence-electron chi connectivity index (χ0n) is 21.4. The molecule has 1 atom stereocenters. The van der Waals surface area contributed by atoms with E-state index in [1.165, 1.54) is 43.8 Å². The van der Waals surface area contributed by atoms with E-state index < -0.39 is 0 Å². The number of aromatic nitrogens is 2. The predicted molar refractivity (Wildman–Crippen MR) is 149 cm³/mol. The Morgan fingerprint density at radius 3 is 2.47 bits per heavy atom. The summed E-state index contributed by atoms with van der Waals surface area (Å²) in [7, 11) is 1.78. The van der Waals surface area contributed by atoms with E-state index in [1.807, 2.05) is 0 Å². The summed E-state index contributed by atoms with van der Waals surface area (Å²) in [5.74, 6) is 1.90. The molecule has 0 amide bonds. The molecule has 0 bridgehead atoms. The molecule has 1 aliphatic heterocycles. The molecule has 7 rings (SSSR count). The van der Waals surface area contributed by atoms with Crippen molar-refractivity contribution in [3.8, 4) is 11.5 Å². The maximum Gasteiger partial charge on any atom is 0.143 e. The van der Waals surface area contributed by atoms with Gasteiger partial charge >= 0.3 is 0 Å². The number of rotatable bonds is 2. The summed E-state index contributed by atoms with van der Waals surface area (Å²) < 4.78 is 15.2. The van der Waals surface area contributed by atoms with Gasteiger partial charge in [-0.05, 0) is 69.2 Å². The van der Waals surface area contributed by atoms with Crippen LogP contribution in [-0.2, 0) is 0 Å². The molecule has 1 unspecified atom stereocenters. The average Bonchev–Trinajstić information content (AvgIpc) is 3.38. The van der Waals surface area contributed by atoms with Gasteiger partial charge in [-0.1, -0.05) is 36.4 Å². The van der Waals surface area contributed by atoms with Crippen LogP contribution in [0, 0.1) is 13.8 Å². The van der Waals surface area contributed by atoms with Gasteiger partial charge in [-0.3, -0.25) is 0 Å². The van der Waals surface area contributed by atoms with Crippen molar-refractivity contribution in [2.45, 2.75) is 45.8 Å². The fraction of sp³-hybridized carbons (Fsp3) is 0.250. The number of aromatic amines is 1. The lowest BCUT2D eigenvalue weighted by atomic mass is 9.86. The first kappa shape index (κ1) is 21.4. The van der Waals surface area contributed by atoms with Crippen LogP contribution in [0.25, 0.3) is 43.6 Å². The molecule has 1 N–H and O–H groups in total. The topological polar surface area (TPSA) is 39.2 Å². The summed E-state index contributed by atoms with van der Waals surface area (Å²) in [4.78, 5) is 3.76. The maximum atomic E-state index is 6.72. The molecule has 0 radical (unpaired) electrons. The summed E-state index contributed by atoms with van der Waals surface area (Å²) in [6.07, 6.45) is 0.846. The lowest BCUT2D eigenvalue weighted by molar-refractivity contribution is 0.0682. The third kappa shape index (κ3) is 2.87. The number of hydrogen-bond donors (Lipinski definition) is 1. The van der Waals surface area contributed by atoms with Crippen molar-refractivity contribution in [2.24, 2.45) is 0 Å². The van der Waals surface area contributed by atoms with Gasteiger partial charge in [0.05, 0.1) is 24.2 Å². The molecule has 6 aromatic rings. The first-order valence-corrected chi connectivity index (χ1v) is 12.7. The van der Waals surface area contributed by atoms with Crippen LogP contribution in [0.15, 0.2) is 66.7 Å². The van der Waals surface area contributed by atoms with E-state index >= 15 is 0 Å². The zero-order chi connectivity index (χ0) is 24.8. The smallest absolute Gasteiger partial charge is 0.143 e. The van der Waals surface area contributed by atoms with Gasteiger partial charge in [-0.25, -0.2) is 0 Å². The number of hydrogen-bond acceptors (Lipinski definition) is 2. The molecule has 0 saturated carbocycles. The average molecular weight is 475 g/mol. The second-order valence-electron chi connectivity index (χ2n) is 10.9. The first-order chi connectivity index (χ1) is 17.4. The second-order valence-corrected chi connectivity index (χ2v) is 10.9. The summed E-state index contributed by atoms with van der Waals surface area (Å²) in [6, 6.07) is 24.1. The first-order valence-electron chi connectivity index (χ1n) is 12.7. The molecule has 3 heterocycles. The quantitative estimate of drug-likeness (QED) is 0.275. The minimum atomic E-state index is -0.322. The van der Waals surface area contributed by atoms with Crippen molar-refractivity contribution in [1.82, 2.24) is 9.55 Å². The number of aryl methyl sites for hydroxylation is 2. The number of ether oxygens (including phenoxy) is 2. The van der Waals surface area contributed by atoms with Crippen LogP contribution in [0.3, 0.4) is 0 Å². The highest BCUT2D eigenvalue weighted by atomic mass is 16.5. The molecule has 0 spiro atoms. The van der Waals surface area contributed by atoms with Gasteiger partial charge in [0.1, 0.15) is 17.1 Å². The van der Waals surface area contributed by atoms with E-state index in [1.54, 1.807) is 7.11 Å². The highest BCUT2D eigenvalue weighted by Crippen LogP contribution is 2.51. The van der Waals surface area contributed by atoms with Crippen LogP contribution in [-0.4, -0.2) is 22.3 Å². The SMILES string of the molecule is COc1cc(C)cc2c3ccccc3n(C3CC(C)(C)Oc4c(C)cc5c([nH]c6ccccc65)c43)c12. The van der Waals surface area contributed by atoms with Crippen molar-refractivity contribution in [3.05, 3.63) is 83.4 Å². The molecular formula is C32H30N2O2. The third-order valence-corrected chi connectivity index (χ3v) is 7.82. The van der Waals surface area contributed by atoms with Crippen molar-refractivity contribution in [1.29, 1.82) is 0 Å². The van der Waals surface area contributed by atoms with E-state index in [0.29, 0.717) is 0 Å². The van der Waals surface area contributed by atoms with Crippen LogP contribution in [0.2, 0.25) is 0 Å².